The lowest BCUT2D eigenvalue weighted by Gasteiger charge is -2.11. The number of rotatable bonds is 8. The second-order valence-corrected chi connectivity index (χ2v) is 17.2. The van der Waals surface area contributed by atoms with Crippen molar-refractivity contribution >= 4 is 43.7 Å². The van der Waals surface area contributed by atoms with Gasteiger partial charge in [0, 0.05) is 43.9 Å². The minimum absolute atomic E-state index is 0.574. The van der Waals surface area contributed by atoms with Crippen LogP contribution in [0.2, 0.25) is 0 Å². The third-order valence-electron chi connectivity index (χ3n) is 13.1. The summed E-state index contributed by atoms with van der Waals surface area (Å²) >= 11 is 0. The Morgan fingerprint density at radius 3 is 1.34 bits per heavy atom. The molecular formula is C63H40N4O. The van der Waals surface area contributed by atoms with Gasteiger partial charge in [-0.3, -0.25) is 0 Å². The summed E-state index contributed by atoms with van der Waals surface area (Å²) in [7, 11) is 0. The maximum absolute atomic E-state index is 6.75. The summed E-state index contributed by atoms with van der Waals surface area (Å²) < 4.78 is 9.12. The van der Waals surface area contributed by atoms with Gasteiger partial charge in [-0.25, -0.2) is 15.0 Å². The summed E-state index contributed by atoms with van der Waals surface area (Å²) in [5, 5.41) is 4.23. The van der Waals surface area contributed by atoms with Crippen molar-refractivity contribution in [2.24, 2.45) is 0 Å². The molecule has 68 heavy (non-hydrogen) atoms. The first-order valence-corrected chi connectivity index (χ1v) is 22.9. The summed E-state index contributed by atoms with van der Waals surface area (Å²) in [5.74, 6) is 1.77. The molecule has 5 heteroatoms. The van der Waals surface area contributed by atoms with Crippen LogP contribution in [0.25, 0.3) is 128 Å². The van der Waals surface area contributed by atoms with Crippen LogP contribution >= 0.6 is 0 Å². The van der Waals surface area contributed by atoms with Crippen molar-refractivity contribution in [1.29, 1.82) is 0 Å². The zero-order valence-electron chi connectivity index (χ0n) is 36.8. The molecule has 0 atom stereocenters. The van der Waals surface area contributed by atoms with E-state index in [0.29, 0.717) is 17.5 Å². The molecule has 0 amide bonds. The van der Waals surface area contributed by atoms with E-state index in [1.807, 2.05) is 24.3 Å². The van der Waals surface area contributed by atoms with E-state index >= 15 is 0 Å². The van der Waals surface area contributed by atoms with Crippen molar-refractivity contribution in [3.8, 4) is 84.4 Å². The highest BCUT2D eigenvalue weighted by Crippen LogP contribution is 2.42. The van der Waals surface area contributed by atoms with E-state index in [0.717, 1.165) is 93.9 Å². The number of hydrogen-bond donors (Lipinski definition) is 0. The van der Waals surface area contributed by atoms with Gasteiger partial charge in [-0.2, -0.15) is 0 Å². The molecule has 0 spiro atoms. The Kier molecular flexibility index (Phi) is 9.43. The minimum atomic E-state index is 0.574. The molecule has 10 aromatic carbocycles. The molecule has 0 saturated carbocycles. The molecule has 3 heterocycles. The smallest absolute Gasteiger partial charge is 0.164 e. The molecule has 0 bridgehead atoms. The van der Waals surface area contributed by atoms with Gasteiger partial charge in [0.05, 0.1) is 11.0 Å². The van der Waals surface area contributed by atoms with Crippen molar-refractivity contribution in [2.75, 3.05) is 0 Å². The van der Waals surface area contributed by atoms with Crippen molar-refractivity contribution in [3.05, 3.63) is 243 Å². The minimum Gasteiger partial charge on any atom is -0.456 e. The second kappa shape index (κ2) is 16.4. The fourth-order valence-electron chi connectivity index (χ4n) is 9.70. The lowest BCUT2D eigenvalue weighted by atomic mass is 9.99. The van der Waals surface area contributed by atoms with Crippen LogP contribution in [0.15, 0.2) is 247 Å². The molecule has 0 fully saturated rings. The lowest BCUT2D eigenvalue weighted by molar-refractivity contribution is 0.669. The first-order valence-electron chi connectivity index (χ1n) is 22.9. The van der Waals surface area contributed by atoms with Crippen LogP contribution in [0, 0.1) is 0 Å². The molecule has 13 aromatic rings. The zero-order valence-corrected chi connectivity index (χ0v) is 36.8. The highest BCUT2D eigenvalue weighted by molar-refractivity contribution is 6.19. The van der Waals surface area contributed by atoms with E-state index in [1.54, 1.807) is 0 Å². The standard InChI is InChI=1S/C63H40N4O/c1-4-14-41(15-5-1)44-26-30-47(31-27-44)61-64-62(48-32-28-45(29-33-48)42-16-6-2-7-17-42)66-63(65-61)53-23-13-25-58-60(53)55-39-57-54(40-59(55)68-58)52-22-10-11-24-56(52)67(57)51-36-34-46(35-37-51)50-21-12-20-49(38-50)43-18-8-3-9-19-43/h1-40H. The van der Waals surface area contributed by atoms with Crippen molar-refractivity contribution in [3.63, 3.8) is 0 Å². The summed E-state index contributed by atoms with van der Waals surface area (Å²) in [6.07, 6.45) is 0. The van der Waals surface area contributed by atoms with E-state index in [2.05, 4.69) is 223 Å². The Labute approximate surface area is 392 Å². The average molecular weight is 869 g/mol. The molecule has 0 aliphatic rings. The Morgan fingerprint density at radius 2 is 0.735 bits per heavy atom. The number of furan rings is 1. The van der Waals surface area contributed by atoms with Crippen LogP contribution in [-0.4, -0.2) is 19.5 Å². The number of benzene rings is 10. The molecule has 13 rings (SSSR count). The number of para-hydroxylation sites is 1. The Bertz CT molecular complexity index is 3870. The molecular weight excluding hydrogens is 829 g/mol. The van der Waals surface area contributed by atoms with Gasteiger partial charge in [-0.1, -0.05) is 200 Å². The molecule has 0 saturated heterocycles. The van der Waals surface area contributed by atoms with E-state index in [1.165, 1.54) is 16.7 Å². The fourth-order valence-corrected chi connectivity index (χ4v) is 9.70. The highest BCUT2D eigenvalue weighted by atomic mass is 16.3. The molecule has 0 radical (unpaired) electrons. The summed E-state index contributed by atoms with van der Waals surface area (Å²) in [6, 6.07) is 85.2. The predicted molar refractivity (Wildman–Crippen MR) is 279 cm³/mol. The van der Waals surface area contributed by atoms with Gasteiger partial charge >= 0.3 is 0 Å². The summed E-state index contributed by atoms with van der Waals surface area (Å²) in [6.45, 7) is 0. The van der Waals surface area contributed by atoms with Gasteiger partial charge in [0.2, 0.25) is 0 Å². The van der Waals surface area contributed by atoms with Crippen molar-refractivity contribution in [1.82, 2.24) is 19.5 Å². The topological polar surface area (TPSA) is 56.7 Å². The number of nitrogens with zero attached hydrogens (tertiary/aromatic N) is 4. The number of aromatic nitrogens is 4. The van der Waals surface area contributed by atoms with E-state index in [9.17, 15) is 0 Å². The monoisotopic (exact) mass is 868 g/mol. The zero-order chi connectivity index (χ0) is 45.0. The van der Waals surface area contributed by atoms with Gasteiger partial charge in [0.15, 0.2) is 17.5 Å². The predicted octanol–water partition coefficient (Wildman–Crippen LogP) is 16.5. The van der Waals surface area contributed by atoms with E-state index < -0.39 is 0 Å². The lowest BCUT2D eigenvalue weighted by Crippen LogP contribution is -2.00. The maximum Gasteiger partial charge on any atom is 0.164 e. The molecule has 0 aliphatic heterocycles. The van der Waals surface area contributed by atoms with Crippen LogP contribution in [0.4, 0.5) is 0 Å². The molecule has 0 unspecified atom stereocenters. The maximum atomic E-state index is 6.75. The van der Waals surface area contributed by atoms with Crippen LogP contribution in [0.1, 0.15) is 0 Å². The molecule has 0 aliphatic carbocycles. The summed E-state index contributed by atoms with van der Waals surface area (Å²) in [5.41, 5.74) is 16.9. The molecule has 3 aromatic heterocycles. The Balaban J connectivity index is 0.957. The molecule has 0 N–H and O–H groups in total. The van der Waals surface area contributed by atoms with Crippen LogP contribution in [0.3, 0.4) is 0 Å². The number of hydrogen-bond acceptors (Lipinski definition) is 4. The van der Waals surface area contributed by atoms with Crippen LogP contribution < -0.4 is 0 Å². The first kappa shape index (κ1) is 39.2. The fraction of sp³-hybridized carbons (Fsp3) is 0. The quantitative estimate of drug-likeness (QED) is 0.153. The van der Waals surface area contributed by atoms with Gasteiger partial charge in [0.1, 0.15) is 11.2 Å². The van der Waals surface area contributed by atoms with Gasteiger partial charge in [-0.15, -0.1) is 0 Å². The van der Waals surface area contributed by atoms with Gasteiger partial charge < -0.3 is 8.98 Å². The third-order valence-corrected chi connectivity index (χ3v) is 13.1. The third kappa shape index (κ3) is 6.93. The average Bonchev–Trinajstić information content (AvgIpc) is 3.95. The Hall–Kier alpha value is -9.19. The normalized spacial score (nSPS) is 11.5. The van der Waals surface area contributed by atoms with Crippen molar-refractivity contribution in [2.45, 2.75) is 0 Å². The summed E-state index contributed by atoms with van der Waals surface area (Å²) in [4.78, 5) is 15.6. The SMILES string of the molecule is c1ccc(-c2ccc(-c3nc(-c4ccc(-c5ccccc5)cc4)nc(-c4cccc5oc6cc7c8ccccc8n(-c8ccc(-c9cccc(-c%10ccccc%10)c9)cc8)c7cc6c45)n3)cc2)cc1. The first-order chi connectivity index (χ1) is 33.7. The largest absolute Gasteiger partial charge is 0.456 e. The second-order valence-electron chi connectivity index (χ2n) is 17.2. The van der Waals surface area contributed by atoms with Crippen LogP contribution in [-0.2, 0) is 0 Å². The van der Waals surface area contributed by atoms with Gasteiger partial charge in [0.25, 0.3) is 0 Å². The number of fused-ring (bicyclic) bond motifs is 6. The highest BCUT2D eigenvalue weighted by Gasteiger charge is 2.21. The Morgan fingerprint density at radius 1 is 0.279 bits per heavy atom. The molecule has 318 valence electrons. The van der Waals surface area contributed by atoms with Crippen molar-refractivity contribution < 1.29 is 4.42 Å². The van der Waals surface area contributed by atoms with Gasteiger partial charge in [-0.05, 0) is 87.0 Å². The van der Waals surface area contributed by atoms with E-state index in [4.69, 9.17) is 19.4 Å². The van der Waals surface area contributed by atoms with E-state index in [-0.39, 0.29) is 0 Å². The van der Waals surface area contributed by atoms with Crippen LogP contribution in [0.5, 0.6) is 0 Å². The molecule has 5 nitrogen and oxygen atoms in total.